The zero-order chi connectivity index (χ0) is 12.7. The highest BCUT2D eigenvalue weighted by molar-refractivity contribution is 6.30. The molecule has 0 aromatic heterocycles. The van der Waals surface area contributed by atoms with Crippen molar-refractivity contribution in [2.75, 3.05) is 12.4 Å². The maximum absolute atomic E-state index is 11.2. The summed E-state index contributed by atoms with van der Waals surface area (Å²) >= 11 is 5.44. The lowest BCUT2D eigenvalue weighted by Crippen LogP contribution is -2.19. The normalized spacial score (nSPS) is 9.06. The zero-order valence-corrected chi connectivity index (χ0v) is 10.2. The first-order valence-corrected chi connectivity index (χ1v) is 5.59. The minimum absolute atomic E-state index is 0.0203. The van der Waals surface area contributed by atoms with Crippen molar-refractivity contribution < 1.29 is 9.59 Å². The maximum Gasteiger partial charge on any atom is 0.217 e. The number of benzene rings is 1. The number of halogens is 1. The molecule has 0 saturated heterocycles. The monoisotopic (exact) mass is 249 g/mol. The van der Waals surface area contributed by atoms with Gasteiger partial charge in [0.25, 0.3) is 0 Å². The summed E-state index contributed by atoms with van der Waals surface area (Å²) in [5, 5.41) is 2.57. The Balaban J connectivity index is 2.62. The molecule has 0 aliphatic carbocycles. The predicted octanol–water partition coefficient (Wildman–Crippen LogP) is 1.60. The Morgan fingerprint density at radius 2 is 1.94 bits per heavy atom. The quantitative estimate of drug-likeness (QED) is 0.502. The van der Waals surface area contributed by atoms with Gasteiger partial charge in [-0.05, 0) is 12.1 Å². The summed E-state index contributed by atoms with van der Waals surface area (Å²) in [6, 6.07) is 6.88. The Morgan fingerprint density at radius 1 is 1.29 bits per heavy atom. The third-order valence-corrected chi connectivity index (χ3v) is 2.23. The highest BCUT2D eigenvalue weighted by Crippen LogP contribution is 2.04. The van der Waals surface area contributed by atoms with Crippen LogP contribution in [0.3, 0.4) is 0 Å². The average Bonchev–Trinajstić information content (AvgIpc) is 2.34. The van der Waals surface area contributed by atoms with E-state index in [0.717, 1.165) is 5.56 Å². The van der Waals surface area contributed by atoms with Crippen molar-refractivity contribution in [3.8, 4) is 11.8 Å². The third kappa shape index (κ3) is 4.71. The topological polar surface area (TPSA) is 46.2 Å². The Labute approximate surface area is 105 Å². The minimum Gasteiger partial charge on any atom is -0.345 e. The minimum atomic E-state index is -0.109. The van der Waals surface area contributed by atoms with Crippen molar-refractivity contribution in [3.63, 3.8) is 0 Å². The summed E-state index contributed by atoms with van der Waals surface area (Å²) in [6.07, 6.45) is 0. The van der Waals surface area contributed by atoms with Crippen LogP contribution in [-0.4, -0.2) is 24.1 Å². The van der Waals surface area contributed by atoms with Crippen LogP contribution in [0, 0.1) is 11.8 Å². The SMILES string of the molecule is CC(=O)NCC#Cc1ccc(C(=O)CCl)cc1. The Bertz CT molecular complexity index is 468. The van der Waals surface area contributed by atoms with Crippen LogP contribution < -0.4 is 5.32 Å². The van der Waals surface area contributed by atoms with E-state index in [1.54, 1.807) is 24.3 Å². The summed E-state index contributed by atoms with van der Waals surface area (Å²) in [5.41, 5.74) is 1.37. The molecule has 1 rings (SSSR count). The molecule has 0 radical (unpaired) electrons. The first-order chi connectivity index (χ1) is 8.13. The van der Waals surface area contributed by atoms with E-state index in [2.05, 4.69) is 17.2 Å². The Morgan fingerprint density at radius 3 is 2.47 bits per heavy atom. The zero-order valence-electron chi connectivity index (χ0n) is 9.42. The lowest BCUT2D eigenvalue weighted by molar-refractivity contribution is -0.118. The number of carbonyl (C=O) groups is 2. The fourth-order valence-corrected chi connectivity index (χ4v) is 1.29. The van der Waals surface area contributed by atoms with E-state index in [9.17, 15) is 9.59 Å². The largest absolute Gasteiger partial charge is 0.345 e. The van der Waals surface area contributed by atoms with Gasteiger partial charge in [-0.1, -0.05) is 24.0 Å². The fourth-order valence-electron chi connectivity index (χ4n) is 1.13. The van der Waals surface area contributed by atoms with E-state index in [0.29, 0.717) is 12.1 Å². The van der Waals surface area contributed by atoms with E-state index in [-0.39, 0.29) is 17.6 Å². The smallest absolute Gasteiger partial charge is 0.217 e. The molecular weight excluding hydrogens is 238 g/mol. The molecule has 0 spiro atoms. The van der Waals surface area contributed by atoms with E-state index >= 15 is 0 Å². The molecule has 0 fully saturated rings. The van der Waals surface area contributed by atoms with Crippen LogP contribution in [0.25, 0.3) is 0 Å². The number of rotatable bonds is 3. The number of alkyl halides is 1. The second kappa shape index (κ2) is 6.72. The van der Waals surface area contributed by atoms with Gasteiger partial charge in [0.05, 0.1) is 12.4 Å². The summed E-state index contributed by atoms with van der Waals surface area (Å²) in [7, 11) is 0. The van der Waals surface area contributed by atoms with Crippen LogP contribution in [-0.2, 0) is 4.79 Å². The van der Waals surface area contributed by atoms with Gasteiger partial charge in [-0.25, -0.2) is 0 Å². The second-order valence-corrected chi connectivity index (χ2v) is 3.61. The predicted molar refractivity (Wildman–Crippen MR) is 67.1 cm³/mol. The third-order valence-electron chi connectivity index (χ3n) is 1.99. The molecule has 1 aromatic carbocycles. The number of Topliss-reactive ketones (excluding diaryl/α,β-unsaturated/α-hetero) is 1. The first kappa shape index (κ1) is 13.3. The molecule has 0 atom stereocenters. The highest BCUT2D eigenvalue weighted by Gasteiger charge is 2.02. The molecule has 0 bridgehead atoms. The van der Waals surface area contributed by atoms with Gasteiger partial charge in [0.15, 0.2) is 5.78 Å². The van der Waals surface area contributed by atoms with Gasteiger partial charge in [-0.3, -0.25) is 9.59 Å². The van der Waals surface area contributed by atoms with Crippen LogP contribution >= 0.6 is 11.6 Å². The number of nitrogens with one attached hydrogen (secondary N) is 1. The van der Waals surface area contributed by atoms with Crippen LogP contribution in [0.5, 0.6) is 0 Å². The molecule has 1 N–H and O–H groups in total. The van der Waals surface area contributed by atoms with Crippen LogP contribution in [0.15, 0.2) is 24.3 Å². The number of ketones is 1. The molecule has 1 aromatic rings. The molecule has 17 heavy (non-hydrogen) atoms. The van der Waals surface area contributed by atoms with Crippen LogP contribution in [0.4, 0.5) is 0 Å². The summed E-state index contributed by atoms with van der Waals surface area (Å²) in [5.74, 6) is 5.44. The van der Waals surface area contributed by atoms with Gasteiger partial charge < -0.3 is 5.32 Å². The molecular formula is C13H12ClNO2. The van der Waals surface area contributed by atoms with Crippen molar-refractivity contribution in [3.05, 3.63) is 35.4 Å². The number of amides is 1. The van der Waals surface area contributed by atoms with Gasteiger partial charge >= 0.3 is 0 Å². The molecule has 1 amide bonds. The fraction of sp³-hybridized carbons (Fsp3) is 0.231. The molecule has 0 unspecified atom stereocenters. The highest BCUT2D eigenvalue weighted by atomic mass is 35.5. The van der Waals surface area contributed by atoms with E-state index in [1.165, 1.54) is 6.92 Å². The van der Waals surface area contributed by atoms with Crippen molar-refractivity contribution >= 4 is 23.3 Å². The van der Waals surface area contributed by atoms with Gasteiger partial charge in [0.2, 0.25) is 5.91 Å². The maximum atomic E-state index is 11.2. The summed E-state index contributed by atoms with van der Waals surface area (Å²) in [4.78, 5) is 21.8. The molecule has 0 saturated carbocycles. The number of hydrogen-bond acceptors (Lipinski definition) is 2. The lowest BCUT2D eigenvalue weighted by atomic mass is 10.1. The number of hydrogen-bond donors (Lipinski definition) is 1. The van der Waals surface area contributed by atoms with Crippen LogP contribution in [0.2, 0.25) is 0 Å². The standard InChI is InChI=1S/C13H12ClNO2/c1-10(16)15-8-2-3-11-4-6-12(7-5-11)13(17)9-14/h4-7H,8-9H2,1H3,(H,15,16). The Kier molecular flexibility index (Phi) is 5.25. The summed E-state index contributed by atoms with van der Waals surface area (Å²) < 4.78 is 0. The average molecular weight is 250 g/mol. The van der Waals surface area contributed by atoms with E-state index in [1.807, 2.05) is 0 Å². The van der Waals surface area contributed by atoms with Crippen molar-refractivity contribution in [1.29, 1.82) is 0 Å². The van der Waals surface area contributed by atoms with Gasteiger partial charge in [0.1, 0.15) is 0 Å². The van der Waals surface area contributed by atoms with Crippen LogP contribution in [0.1, 0.15) is 22.8 Å². The summed E-state index contributed by atoms with van der Waals surface area (Å²) in [6.45, 7) is 1.76. The van der Waals surface area contributed by atoms with Gasteiger partial charge in [-0.15, -0.1) is 11.6 Å². The Hall–Kier alpha value is -1.79. The van der Waals surface area contributed by atoms with Crippen molar-refractivity contribution in [2.45, 2.75) is 6.92 Å². The van der Waals surface area contributed by atoms with Gasteiger partial charge in [0, 0.05) is 18.1 Å². The second-order valence-electron chi connectivity index (χ2n) is 3.35. The van der Waals surface area contributed by atoms with Gasteiger partial charge in [-0.2, -0.15) is 0 Å². The molecule has 0 aliphatic heterocycles. The van der Waals surface area contributed by atoms with E-state index in [4.69, 9.17) is 11.6 Å². The molecule has 0 heterocycles. The molecule has 88 valence electrons. The van der Waals surface area contributed by atoms with Crippen molar-refractivity contribution in [1.82, 2.24) is 5.32 Å². The molecule has 3 nitrogen and oxygen atoms in total. The lowest BCUT2D eigenvalue weighted by Gasteiger charge is -1.96. The number of carbonyl (C=O) groups excluding carboxylic acids is 2. The van der Waals surface area contributed by atoms with E-state index < -0.39 is 0 Å². The molecule has 4 heteroatoms. The molecule has 0 aliphatic rings. The first-order valence-electron chi connectivity index (χ1n) is 5.06. The van der Waals surface area contributed by atoms with Crippen molar-refractivity contribution in [2.24, 2.45) is 0 Å².